The molecule has 0 aliphatic carbocycles. The number of hydrogen-bond acceptors (Lipinski definition) is 15. The van der Waals surface area contributed by atoms with Gasteiger partial charge in [0.2, 0.25) is 17.8 Å². The predicted molar refractivity (Wildman–Crippen MR) is 249 cm³/mol. The van der Waals surface area contributed by atoms with Crippen LogP contribution in [0.2, 0.25) is 0 Å². The Labute approximate surface area is 423 Å². The minimum absolute atomic E-state index is 0. The zero-order valence-corrected chi connectivity index (χ0v) is 42.5. The van der Waals surface area contributed by atoms with E-state index in [1.807, 2.05) is 36.1 Å². The molecule has 367 valence electrons. The molecule has 1 unspecified atom stereocenters. The van der Waals surface area contributed by atoms with E-state index in [4.69, 9.17) is 9.47 Å². The van der Waals surface area contributed by atoms with E-state index in [9.17, 15) is 33.6 Å². The first kappa shape index (κ1) is 59.1. The molecular weight excluding hydrogens is 890 g/mol. The number of Topliss-reactive ketones (excluding diaryl/α,β-unsaturated/α-hetero) is 1. The normalized spacial score (nSPS) is 18.4. The molecule has 68 heavy (non-hydrogen) atoms. The van der Waals surface area contributed by atoms with E-state index in [1.165, 1.54) is 29.4 Å². The number of carbonyl (C=O) groups is 7. The molecule has 3 radical (unpaired) electrons. The molecule has 19 nitrogen and oxygen atoms in total. The van der Waals surface area contributed by atoms with Crippen LogP contribution < -0.4 is 44.7 Å². The summed E-state index contributed by atoms with van der Waals surface area (Å²) in [6.45, 7) is 19.3. The maximum Gasteiger partial charge on any atom is 1.00 e. The number of nitrogens with one attached hydrogen (secondary N) is 1. The predicted octanol–water partition coefficient (Wildman–Crippen LogP) is 0.207. The van der Waals surface area contributed by atoms with Crippen LogP contribution in [-0.4, -0.2) is 154 Å². The Morgan fingerprint density at radius 1 is 0.676 bits per heavy atom. The van der Waals surface area contributed by atoms with Crippen LogP contribution in [0.15, 0.2) is 61.0 Å². The van der Waals surface area contributed by atoms with Gasteiger partial charge in [-0.25, -0.2) is 24.2 Å². The Morgan fingerprint density at radius 2 is 1.15 bits per heavy atom. The van der Waals surface area contributed by atoms with Gasteiger partial charge in [-0.05, 0) is 88.9 Å². The number of hydrogen-bond donors (Lipinski definition) is 1. The number of rotatable bonds is 7. The van der Waals surface area contributed by atoms with E-state index in [1.54, 1.807) is 6.92 Å². The Bertz CT molecular complexity index is 1980. The number of para-hydroxylation sites is 2. The van der Waals surface area contributed by atoms with E-state index in [2.05, 4.69) is 73.3 Å². The molecule has 0 spiro atoms. The molecule has 6 heterocycles. The maximum atomic E-state index is 12.5. The second-order valence-corrected chi connectivity index (χ2v) is 16.3. The van der Waals surface area contributed by atoms with Crippen molar-refractivity contribution in [2.75, 3.05) is 75.4 Å². The van der Waals surface area contributed by atoms with Gasteiger partial charge in [0.05, 0.1) is 32.6 Å². The molecule has 0 bridgehead atoms. The van der Waals surface area contributed by atoms with E-state index in [0.717, 1.165) is 96.1 Å². The van der Waals surface area contributed by atoms with Crippen LogP contribution in [0.1, 0.15) is 84.3 Å². The van der Waals surface area contributed by atoms with Gasteiger partial charge in [-0.1, -0.05) is 36.4 Å². The van der Waals surface area contributed by atoms with E-state index < -0.39 is 17.9 Å². The van der Waals surface area contributed by atoms with Crippen molar-refractivity contribution in [1.29, 1.82) is 0 Å². The summed E-state index contributed by atoms with van der Waals surface area (Å²) in [5.74, 6) is -0.287. The first-order chi connectivity index (χ1) is 31.7. The number of carbonyl (C=O) groups excluding carboxylic acids is 7. The van der Waals surface area contributed by atoms with Crippen LogP contribution in [0.25, 0.3) is 0 Å². The van der Waals surface area contributed by atoms with Crippen LogP contribution in [0.4, 0.5) is 16.2 Å². The quantitative estimate of drug-likeness (QED) is 0.170. The molecule has 0 aromatic heterocycles. The van der Waals surface area contributed by atoms with E-state index in [-0.39, 0.29) is 65.3 Å². The number of benzene rings is 2. The minimum Gasteiger partial charge on any atom is -0.793 e. The van der Waals surface area contributed by atoms with Crippen molar-refractivity contribution in [2.24, 2.45) is 0 Å². The first-order valence-electron chi connectivity index (χ1n) is 22.6. The zero-order valence-electron chi connectivity index (χ0n) is 40.5. The second kappa shape index (κ2) is 30.5. The van der Waals surface area contributed by atoms with Crippen molar-refractivity contribution in [3.63, 3.8) is 0 Å². The minimum atomic E-state index is -0.639. The first-order valence-corrected chi connectivity index (χ1v) is 22.6. The molecule has 21 heteroatoms. The number of fused-ring (bicyclic) bond motifs is 2. The number of likely N-dealkylation sites (tertiary alicyclic amines) is 3. The Morgan fingerprint density at radius 3 is 1.59 bits per heavy atom. The van der Waals surface area contributed by atoms with Crippen molar-refractivity contribution >= 4 is 61.0 Å². The molecule has 3 N–H and O–H groups in total. The molecule has 6 aliphatic heterocycles. The van der Waals surface area contributed by atoms with Gasteiger partial charge in [-0.15, -0.1) is 0 Å². The van der Waals surface area contributed by atoms with Crippen molar-refractivity contribution in [3.8, 4) is 0 Å². The topological polar surface area (TPSA) is 225 Å². The summed E-state index contributed by atoms with van der Waals surface area (Å²) in [7, 11) is 4.32. The number of amides is 3. The standard InChI is InChI=1S/C21H29N3O2.C13H16N2O.C7H11NO3.C4H6O4.C2H3BO2.Na.H2O/c1-3-26-16(2)23-13-10-19(15-23)22-11-8-18(9-12-22)24-20-7-5-4-6-17(20)14-21(24)25;16-13-9-10-3-1-2-4-12(10)15(13)11-5-7-14-8-6-11;1-2-11-7(10)8-4-3-6(9)5-8;1-3(5)7-8-4(2)6;1-2(4)5-3;;/h4-7,18-19H,2-3,8-15H2,1H3;1-4,11,14H,5-9H2;2-5H2,1H3;1-2H3;1H3;;1H2/q;;;;-1;+1;. The average Bonchev–Trinajstić information content (AvgIpc) is 4.12. The summed E-state index contributed by atoms with van der Waals surface area (Å²) in [6.07, 6.45) is 6.67. The van der Waals surface area contributed by atoms with Crippen LogP contribution in [0, 0.1) is 0 Å². The van der Waals surface area contributed by atoms with Gasteiger partial charge in [0.15, 0.2) is 11.7 Å². The summed E-state index contributed by atoms with van der Waals surface area (Å²) in [4.78, 5) is 93.4. The van der Waals surface area contributed by atoms with E-state index in [0.29, 0.717) is 57.1 Å². The number of piperidine rings is 2. The molecule has 4 saturated heterocycles. The van der Waals surface area contributed by atoms with Gasteiger partial charge >= 0.3 is 47.6 Å². The molecular formula is C47H67BN6NaO13. The molecule has 6 aliphatic rings. The Kier molecular flexibility index (Phi) is 26.5. The third-order valence-electron chi connectivity index (χ3n) is 11.6. The van der Waals surface area contributed by atoms with Crippen molar-refractivity contribution in [2.45, 2.75) is 104 Å². The van der Waals surface area contributed by atoms with Gasteiger partial charge in [0.25, 0.3) is 0 Å². The maximum absolute atomic E-state index is 12.5. The van der Waals surface area contributed by atoms with Gasteiger partial charge in [0.1, 0.15) is 0 Å². The number of anilines is 2. The summed E-state index contributed by atoms with van der Waals surface area (Å²) in [5, 5.41) is 3.34. The Hall–Kier alpha value is -4.99. The number of nitrogens with zero attached hydrogens (tertiary/aromatic N) is 5. The third-order valence-corrected chi connectivity index (χ3v) is 11.6. The number of ketones is 1. The van der Waals surface area contributed by atoms with Crippen LogP contribution >= 0.6 is 0 Å². The molecule has 2 aromatic rings. The zero-order chi connectivity index (χ0) is 48.2. The molecule has 2 aromatic carbocycles. The number of ether oxygens (including phenoxy) is 2. The smallest absolute Gasteiger partial charge is 0.793 e. The third kappa shape index (κ3) is 18.2. The van der Waals surface area contributed by atoms with Gasteiger partial charge in [-0.3, -0.25) is 24.1 Å². The van der Waals surface area contributed by atoms with Gasteiger partial charge < -0.3 is 52.6 Å². The molecule has 4 fully saturated rings. The van der Waals surface area contributed by atoms with Crippen LogP contribution in [-0.2, 0) is 65.5 Å². The average molecular weight is 958 g/mol. The molecule has 8 rings (SSSR count). The summed E-state index contributed by atoms with van der Waals surface area (Å²) in [6, 6.07) is 17.7. The fourth-order valence-electron chi connectivity index (χ4n) is 8.57. The van der Waals surface area contributed by atoms with Gasteiger partial charge in [-0.2, -0.15) is 0 Å². The van der Waals surface area contributed by atoms with Crippen molar-refractivity contribution in [1.82, 2.24) is 20.0 Å². The monoisotopic (exact) mass is 957 g/mol. The molecule has 3 amide bonds. The van der Waals surface area contributed by atoms with E-state index >= 15 is 0 Å². The van der Waals surface area contributed by atoms with Crippen molar-refractivity contribution in [3.05, 3.63) is 72.1 Å². The fraction of sp³-hybridized carbons (Fsp3) is 0.553. The second-order valence-electron chi connectivity index (χ2n) is 16.3. The van der Waals surface area contributed by atoms with Crippen LogP contribution in [0.3, 0.4) is 0 Å². The molecule has 0 saturated carbocycles. The van der Waals surface area contributed by atoms with Gasteiger partial charge in [0, 0.05) is 89.4 Å². The summed E-state index contributed by atoms with van der Waals surface area (Å²) >= 11 is 0. The fourth-order valence-corrected chi connectivity index (χ4v) is 8.57. The summed E-state index contributed by atoms with van der Waals surface area (Å²) in [5.41, 5.74) is 4.64. The summed E-state index contributed by atoms with van der Waals surface area (Å²) < 4.78 is 13.9. The largest absolute Gasteiger partial charge is 1.00 e. The van der Waals surface area contributed by atoms with Crippen molar-refractivity contribution < 1.29 is 92.5 Å². The molecule has 1 atom stereocenters. The SMILES string of the molecule is C=C(OCC)N1CCC(N2CCC(N3C(=O)Cc4ccccc43)CC2)C1.CC(=O)OOC(C)=O.CCOC(=O)N1CCC(=O)C1.O.O=C1Cc2ccccc2N1C1CCNCC1.[B-]OC(C)=O.[Na+]. The van der Waals surface area contributed by atoms with Crippen LogP contribution in [0.5, 0.6) is 0 Å². The Balaban J connectivity index is 0.000000324.